The van der Waals surface area contributed by atoms with Crippen molar-refractivity contribution in [1.82, 2.24) is 14.3 Å². The van der Waals surface area contributed by atoms with Gasteiger partial charge >= 0.3 is 0 Å². The van der Waals surface area contributed by atoms with E-state index in [1.807, 2.05) is 46.7 Å². The third-order valence-electron chi connectivity index (χ3n) is 6.39. The molecule has 2 aromatic rings. The summed E-state index contributed by atoms with van der Waals surface area (Å²) in [6.07, 6.45) is 8.08. The maximum atomic E-state index is 13.2. The first-order chi connectivity index (χ1) is 12.2. The molecule has 2 fully saturated rings. The number of fused-ring (bicyclic) bond motifs is 1. The lowest BCUT2D eigenvalue weighted by Gasteiger charge is -2.44. The molecule has 4 nitrogen and oxygen atoms in total. The van der Waals surface area contributed by atoms with Crippen LogP contribution in [-0.4, -0.2) is 26.9 Å². The van der Waals surface area contributed by atoms with Crippen molar-refractivity contribution in [2.45, 2.75) is 58.0 Å². The molecule has 1 aromatic heterocycles. The molecular weight excluding hydrogens is 310 g/mol. The molecule has 134 valence electrons. The molecular formula is C21H29N3O. The van der Waals surface area contributed by atoms with Crippen LogP contribution in [0.25, 0.3) is 5.69 Å². The second kappa shape index (κ2) is 6.83. The Hall–Kier alpha value is -1.81. The van der Waals surface area contributed by atoms with Crippen LogP contribution in [0.3, 0.4) is 0 Å². The molecule has 1 aliphatic heterocycles. The van der Waals surface area contributed by atoms with Crippen molar-refractivity contribution >= 4 is 0 Å². The maximum Gasteiger partial charge on any atom is 0.276 e. The molecule has 0 bridgehead atoms. The standard InChI is InChI=1S/C21H29N3O/c1-16-19(15-23-14-8-10-17-9-6-7-13-20(17)23)21(25)24(22(16)2)18-11-4-3-5-12-18/h3-5,11-12,17,20H,6-10,13-15H2,1-2H3. The van der Waals surface area contributed by atoms with Gasteiger partial charge in [-0.25, -0.2) is 4.68 Å². The first-order valence-corrected chi connectivity index (χ1v) is 9.74. The zero-order valence-electron chi connectivity index (χ0n) is 15.4. The molecule has 0 amide bonds. The van der Waals surface area contributed by atoms with Gasteiger partial charge in [0.1, 0.15) is 0 Å². The van der Waals surface area contributed by atoms with Gasteiger partial charge in [0.2, 0.25) is 0 Å². The summed E-state index contributed by atoms with van der Waals surface area (Å²) in [6.45, 7) is 4.03. The van der Waals surface area contributed by atoms with Crippen molar-refractivity contribution in [1.29, 1.82) is 0 Å². The average molecular weight is 339 g/mol. The molecule has 2 unspecified atom stereocenters. The number of likely N-dealkylation sites (tertiary alicyclic amines) is 1. The summed E-state index contributed by atoms with van der Waals surface area (Å²) >= 11 is 0. The summed E-state index contributed by atoms with van der Waals surface area (Å²) in [5.41, 5.74) is 3.15. The molecule has 2 heterocycles. The van der Waals surface area contributed by atoms with Gasteiger partial charge in [0.05, 0.1) is 11.3 Å². The van der Waals surface area contributed by atoms with Crippen LogP contribution in [0.2, 0.25) is 0 Å². The number of hydrogen-bond donors (Lipinski definition) is 0. The molecule has 0 radical (unpaired) electrons. The predicted octanol–water partition coefficient (Wildman–Crippen LogP) is 3.64. The SMILES string of the molecule is Cc1c(CN2CCCC3CCCCC32)c(=O)n(-c2ccccc2)n1C. The van der Waals surface area contributed by atoms with Gasteiger partial charge in [0.15, 0.2) is 0 Å². The Morgan fingerprint density at radius 1 is 1.04 bits per heavy atom. The summed E-state index contributed by atoms with van der Waals surface area (Å²) in [5.74, 6) is 0.850. The minimum absolute atomic E-state index is 0.143. The summed E-state index contributed by atoms with van der Waals surface area (Å²) in [6, 6.07) is 10.7. The normalized spacial score (nSPS) is 24.2. The van der Waals surface area contributed by atoms with E-state index in [0.29, 0.717) is 6.04 Å². The van der Waals surface area contributed by atoms with E-state index in [1.165, 1.54) is 38.5 Å². The van der Waals surface area contributed by atoms with Gasteiger partial charge in [-0.1, -0.05) is 31.0 Å². The molecule has 25 heavy (non-hydrogen) atoms. The fourth-order valence-corrected chi connectivity index (χ4v) is 4.93. The highest BCUT2D eigenvalue weighted by atomic mass is 16.1. The number of benzene rings is 1. The van der Waals surface area contributed by atoms with Crippen LogP contribution in [0.1, 0.15) is 49.8 Å². The lowest BCUT2D eigenvalue weighted by molar-refractivity contribution is 0.0543. The third-order valence-corrected chi connectivity index (χ3v) is 6.39. The van der Waals surface area contributed by atoms with Gasteiger partial charge in [0, 0.05) is 25.3 Å². The fraction of sp³-hybridized carbons (Fsp3) is 0.571. The Bertz CT molecular complexity index is 787. The van der Waals surface area contributed by atoms with Crippen LogP contribution in [0.5, 0.6) is 0 Å². The molecule has 2 atom stereocenters. The van der Waals surface area contributed by atoms with E-state index in [4.69, 9.17) is 0 Å². The van der Waals surface area contributed by atoms with E-state index in [0.717, 1.165) is 36.0 Å². The Kier molecular flexibility index (Phi) is 4.55. The van der Waals surface area contributed by atoms with Gasteiger partial charge in [-0.2, -0.15) is 0 Å². The Balaban J connectivity index is 1.66. The highest BCUT2D eigenvalue weighted by molar-refractivity contribution is 5.33. The summed E-state index contributed by atoms with van der Waals surface area (Å²) < 4.78 is 3.82. The van der Waals surface area contributed by atoms with Crippen molar-refractivity contribution in [3.63, 3.8) is 0 Å². The van der Waals surface area contributed by atoms with Crippen molar-refractivity contribution in [2.24, 2.45) is 13.0 Å². The van der Waals surface area contributed by atoms with E-state index in [1.54, 1.807) is 0 Å². The quantitative estimate of drug-likeness (QED) is 0.855. The number of piperidine rings is 1. The van der Waals surface area contributed by atoms with Crippen molar-refractivity contribution in [3.05, 3.63) is 51.9 Å². The third kappa shape index (κ3) is 2.97. The highest BCUT2D eigenvalue weighted by Crippen LogP contribution is 2.35. The first kappa shape index (κ1) is 16.6. The van der Waals surface area contributed by atoms with Crippen LogP contribution >= 0.6 is 0 Å². The van der Waals surface area contributed by atoms with Gasteiger partial charge in [0.25, 0.3) is 5.56 Å². The van der Waals surface area contributed by atoms with Crippen LogP contribution in [0, 0.1) is 12.8 Å². The number of rotatable bonds is 3. The molecule has 4 rings (SSSR count). The summed E-state index contributed by atoms with van der Waals surface area (Å²) in [4.78, 5) is 15.8. The van der Waals surface area contributed by atoms with E-state index in [9.17, 15) is 4.79 Å². The Labute approximate surface area is 150 Å². The molecule has 0 N–H and O–H groups in total. The average Bonchev–Trinajstić information content (AvgIpc) is 2.86. The molecule has 1 saturated heterocycles. The molecule has 1 saturated carbocycles. The van der Waals surface area contributed by atoms with Crippen LogP contribution in [-0.2, 0) is 13.6 Å². The van der Waals surface area contributed by atoms with Crippen LogP contribution < -0.4 is 5.56 Å². The van der Waals surface area contributed by atoms with Gasteiger partial charge in [-0.3, -0.25) is 14.4 Å². The largest absolute Gasteiger partial charge is 0.296 e. The summed E-state index contributed by atoms with van der Waals surface area (Å²) in [5, 5.41) is 0. The summed E-state index contributed by atoms with van der Waals surface area (Å²) in [7, 11) is 1.99. The second-order valence-corrected chi connectivity index (χ2v) is 7.76. The zero-order chi connectivity index (χ0) is 17.4. The van der Waals surface area contributed by atoms with Crippen molar-refractivity contribution in [2.75, 3.05) is 6.54 Å². The van der Waals surface area contributed by atoms with E-state index < -0.39 is 0 Å². The first-order valence-electron chi connectivity index (χ1n) is 9.74. The zero-order valence-corrected chi connectivity index (χ0v) is 15.4. The number of hydrogen-bond acceptors (Lipinski definition) is 2. The van der Waals surface area contributed by atoms with E-state index in [-0.39, 0.29) is 5.56 Å². The van der Waals surface area contributed by atoms with Gasteiger partial charge in [-0.05, 0) is 57.2 Å². The minimum Gasteiger partial charge on any atom is -0.296 e. The van der Waals surface area contributed by atoms with E-state index in [2.05, 4.69) is 11.8 Å². The monoisotopic (exact) mass is 339 g/mol. The fourth-order valence-electron chi connectivity index (χ4n) is 4.93. The van der Waals surface area contributed by atoms with Gasteiger partial charge < -0.3 is 0 Å². The molecule has 2 aliphatic rings. The molecule has 1 aromatic carbocycles. The maximum absolute atomic E-state index is 13.2. The van der Waals surface area contributed by atoms with Crippen LogP contribution in [0.15, 0.2) is 35.1 Å². The van der Waals surface area contributed by atoms with E-state index >= 15 is 0 Å². The smallest absolute Gasteiger partial charge is 0.276 e. The van der Waals surface area contributed by atoms with Crippen molar-refractivity contribution in [3.8, 4) is 5.69 Å². The van der Waals surface area contributed by atoms with Crippen molar-refractivity contribution < 1.29 is 0 Å². The topological polar surface area (TPSA) is 30.2 Å². The molecule has 1 aliphatic carbocycles. The molecule has 4 heteroatoms. The lowest BCUT2D eigenvalue weighted by Crippen LogP contribution is -2.46. The number of nitrogens with zero attached hydrogens (tertiary/aromatic N) is 3. The lowest BCUT2D eigenvalue weighted by atomic mass is 9.78. The number of para-hydroxylation sites is 1. The Morgan fingerprint density at radius 3 is 2.56 bits per heavy atom. The molecule has 0 spiro atoms. The predicted molar refractivity (Wildman–Crippen MR) is 101 cm³/mol. The minimum atomic E-state index is 0.143. The Morgan fingerprint density at radius 2 is 1.76 bits per heavy atom. The second-order valence-electron chi connectivity index (χ2n) is 7.76. The van der Waals surface area contributed by atoms with Crippen LogP contribution in [0.4, 0.5) is 0 Å². The number of aromatic nitrogens is 2. The van der Waals surface area contributed by atoms with Gasteiger partial charge in [-0.15, -0.1) is 0 Å². The highest BCUT2D eigenvalue weighted by Gasteiger charge is 2.34.